The second-order valence-corrected chi connectivity index (χ2v) is 1.29. The van der Waals surface area contributed by atoms with Crippen molar-refractivity contribution in [3.63, 3.8) is 0 Å². The molecule has 0 heterocycles. The van der Waals surface area contributed by atoms with Crippen LogP contribution < -0.4 is 0 Å². The molecule has 0 aliphatic heterocycles. The van der Waals surface area contributed by atoms with E-state index in [1.807, 2.05) is 0 Å². The van der Waals surface area contributed by atoms with Crippen molar-refractivity contribution in [2.24, 2.45) is 0 Å². The average molecular weight is 144 g/mol. The molecular formula is C4H4F4O. The van der Waals surface area contributed by atoms with Crippen LogP contribution in [0.3, 0.4) is 0 Å². The molecule has 0 bridgehead atoms. The molecule has 0 aliphatic carbocycles. The normalized spacial score (nSPS) is 14.1. The number of aliphatic hydroxyl groups excluding tert-OH is 1. The second-order valence-electron chi connectivity index (χ2n) is 1.29. The van der Waals surface area contributed by atoms with Gasteiger partial charge in [-0.25, -0.2) is 4.39 Å². The van der Waals surface area contributed by atoms with E-state index in [1.165, 1.54) is 0 Å². The van der Waals surface area contributed by atoms with Gasteiger partial charge in [0.15, 0.2) is 0 Å². The summed E-state index contributed by atoms with van der Waals surface area (Å²) in [6, 6.07) is 0. The fraction of sp³-hybridized carbons (Fsp3) is 0.500. The number of rotatable bonds is 1. The molecule has 0 aromatic rings. The summed E-state index contributed by atoms with van der Waals surface area (Å²) >= 11 is 0. The molecule has 54 valence electrons. The van der Waals surface area contributed by atoms with E-state index in [0.717, 1.165) is 0 Å². The van der Waals surface area contributed by atoms with E-state index in [9.17, 15) is 17.6 Å². The molecule has 5 heteroatoms. The summed E-state index contributed by atoms with van der Waals surface area (Å²) in [7, 11) is 0. The Morgan fingerprint density at radius 1 is 1.44 bits per heavy atom. The first-order chi connectivity index (χ1) is 3.95. The van der Waals surface area contributed by atoms with Crippen LogP contribution in [0.4, 0.5) is 17.6 Å². The molecule has 0 atom stereocenters. The van der Waals surface area contributed by atoms with Crippen LogP contribution in [0.2, 0.25) is 0 Å². The molecule has 0 saturated heterocycles. The van der Waals surface area contributed by atoms with Crippen LogP contribution in [0.5, 0.6) is 0 Å². The molecule has 0 amide bonds. The van der Waals surface area contributed by atoms with E-state index in [0.29, 0.717) is 0 Å². The van der Waals surface area contributed by atoms with E-state index >= 15 is 0 Å². The van der Waals surface area contributed by atoms with Gasteiger partial charge in [-0.05, 0) is 0 Å². The predicted octanol–water partition coefficient (Wildman–Crippen LogP) is 1.39. The largest absolute Gasteiger partial charge is 0.412 e. The standard InChI is InChI=1S/C4H4F4O/c5-3(2-9)1-4(6,7)8/h1,9H,2H2. The van der Waals surface area contributed by atoms with Gasteiger partial charge in [0.05, 0.1) is 12.7 Å². The van der Waals surface area contributed by atoms with Crippen molar-refractivity contribution in [2.75, 3.05) is 6.61 Å². The van der Waals surface area contributed by atoms with Gasteiger partial charge in [-0.1, -0.05) is 0 Å². The summed E-state index contributed by atoms with van der Waals surface area (Å²) in [5.41, 5.74) is 0. The minimum absolute atomic E-state index is 0.590. The number of allylic oxidation sites excluding steroid dienone is 1. The Labute approximate surface area is 48.6 Å². The second kappa shape index (κ2) is 2.82. The molecular weight excluding hydrogens is 140 g/mol. The van der Waals surface area contributed by atoms with Crippen LogP contribution in [0, 0.1) is 0 Å². The Kier molecular flexibility index (Phi) is 2.64. The third-order valence-corrected chi connectivity index (χ3v) is 0.471. The third kappa shape index (κ3) is 5.29. The number of aliphatic hydroxyl groups is 1. The summed E-state index contributed by atoms with van der Waals surface area (Å²) in [6.07, 6.45) is -5.26. The molecule has 9 heavy (non-hydrogen) atoms. The van der Waals surface area contributed by atoms with Crippen molar-refractivity contribution in [1.82, 2.24) is 0 Å². The van der Waals surface area contributed by atoms with Crippen LogP contribution in [0.25, 0.3) is 0 Å². The average Bonchev–Trinajstić information content (AvgIpc) is 1.62. The molecule has 0 aromatic heterocycles. The summed E-state index contributed by atoms with van der Waals surface area (Å²) in [4.78, 5) is 0. The molecule has 0 spiro atoms. The Morgan fingerprint density at radius 3 is 2.00 bits per heavy atom. The predicted molar refractivity (Wildman–Crippen MR) is 22.3 cm³/mol. The molecule has 0 aromatic carbocycles. The maximum absolute atomic E-state index is 11.5. The highest BCUT2D eigenvalue weighted by atomic mass is 19.4. The lowest BCUT2D eigenvalue weighted by Gasteiger charge is -1.96. The van der Waals surface area contributed by atoms with Gasteiger partial charge in [0.1, 0.15) is 5.83 Å². The summed E-state index contributed by atoms with van der Waals surface area (Å²) < 4.78 is 44.7. The number of alkyl halides is 3. The Hall–Kier alpha value is -0.580. The Bertz CT molecular complexity index is 114. The van der Waals surface area contributed by atoms with Crippen molar-refractivity contribution in [3.8, 4) is 0 Å². The zero-order chi connectivity index (χ0) is 7.49. The highest BCUT2D eigenvalue weighted by molar-refractivity contribution is 4.96. The number of hydrogen-bond donors (Lipinski definition) is 1. The van der Waals surface area contributed by atoms with Crippen molar-refractivity contribution < 1.29 is 22.7 Å². The first-order valence-corrected chi connectivity index (χ1v) is 2.00. The fourth-order valence-electron chi connectivity index (χ4n) is 0.223. The van der Waals surface area contributed by atoms with Crippen LogP contribution >= 0.6 is 0 Å². The smallest absolute Gasteiger partial charge is 0.389 e. The minimum Gasteiger partial charge on any atom is -0.389 e. The van der Waals surface area contributed by atoms with Gasteiger partial charge >= 0.3 is 6.18 Å². The lowest BCUT2D eigenvalue weighted by molar-refractivity contribution is -0.0818. The molecule has 0 radical (unpaired) electrons. The van der Waals surface area contributed by atoms with Crippen LogP contribution in [0.15, 0.2) is 11.9 Å². The van der Waals surface area contributed by atoms with Crippen LogP contribution in [0.1, 0.15) is 0 Å². The van der Waals surface area contributed by atoms with Crippen molar-refractivity contribution >= 4 is 0 Å². The molecule has 1 nitrogen and oxygen atoms in total. The summed E-state index contributed by atoms with van der Waals surface area (Å²) in [5, 5.41) is 7.75. The zero-order valence-corrected chi connectivity index (χ0v) is 4.24. The van der Waals surface area contributed by atoms with Gasteiger partial charge in [0.25, 0.3) is 0 Å². The van der Waals surface area contributed by atoms with Gasteiger partial charge in [-0.3, -0.25) is 0 Å². The lowest BCUT2D eigenvalue weighted by atomic mass is 10.5. The third-order valence-electron chi connectivity index (χ3n) is 0.471. The Balaban J connectivity index is 3.95. The Morgan fingerprint density at radius 2 is 1.89 bits per heavy atom. The van der Waals surface area contributed by atoms with Gasteiger partial charge in [0.2, 0.25) is 0 Å². The molecule has 1 N–H and O–H groups in total. The molecule has 0 rings (SSSR count). The van der Waals surface area contributed by atoms with Crippen molar-refractivity contribution in [1.29, 1.82) is 0 Å². The van der Waals surface area contributed by atoms with Crippen LogP contribution in [-0.2, 0) is 0 Å². The maximum atomic E-state index is 11.5. The fourth-order valence-corrected chi connectivity index (χ4v) is 0.223. The molecule has 0 fully saturated rings. The van der Waals surface area contributed by atoms with Crippen molar-refractivity contribution in [3.05, 3.63) is 11.9 Å². The van der Waals surface area contributed by atoms with E-state index in [4.69, 9.17) is 5.11 Å². The zero-order valence-electron chi connectivity index (χ0n) is 4.24. The van der Waals surface area contributed by atoms with Crippen molar-refractivity contribution in [2.45, 2.75) is 6.18 Å². The van der Waals surface area contributed by atoms with Gasteiger partial charge in [-0.2, -0.15) is 13.2 Å². The van der Waals surface area contributed by atoms with E-state index < -0.39 is 24.7 Å². The van der Waals surface area contributed by atoms with Crippen LogP contribution in [-0.4, -0.2) is 17.9 Å². The number of hydrogen-bond acceptors (Lipinski definition) is 1. The number of halogens is 4. The maximum Gasteiger partial charge on any atom is 0.412 e. The quantitative estimate of drug-likeness (QED) is 0.551. The highest BCUT2D eigenvalue weighted by Crippen LogP contribution is 2.18. The molecule has 0 saturated carbocycles. The topological polar surface area (TPSA) is 20.2 Å². The first-order valence-electron chi connectivity index (χ1n) is 2.00. The van der Waals surface area contributed by atoms with E-state index in [1.54, 1.807) is 0 Å². The monoisotopic (exact) mass is 144 g/mol. The SMILES string of the molecule is OCC(F)=CC(F)(F)F. The van der Waals surface area contributed by atoms with E-state index in [2.05, 4.69) is 0 Å². The highest BCUT2D eigenvalue weighted by Gasteiger charge is 2.24. The van der Waals surface area contributed by atoms with Gasteiger partial charge in [-0.15, -0.1) is 0 Å². The molecule has 0 aliphatic rings. The first kappa shape index (κ1) is 8.42. The van der Waals surface area contributed by atoms with E-state index in [-0.39, 0.29) is 0 Å². The minimum atomic E-state index is -4.67. The summed E-state index contributed by atoms with van der Waals surface area (Å²) in [5.74, 6) is -1.58. The lowest BCUT2D eigenvalue weighted by Crippen LogP contribution is -2.03. The van der Waals surface area contributed by atoms with Gasteiger partial charge < -0.3 is 5.11 Å². The molecule has 0 unspecified atom stereocenters. The van der Waals surface area contributed by atoms with Gasteiger partial charge in [0, 0.05) is 0 Å². The summed E-state index contributed by atoms with van der Waals surface area (Å²) in [6.45, 7) is -1.21.